The van der Waals surface area contributed by atoms with Gasteiger partial charge in [0.2, 0.25) is 0 Å². The minimum Gasteiger partial charge on any atom is -0.484 e. The molecule has 0 radical (unpaired) electrons. The second-order valence-corrected chi connectivity index (χ2v) is 6.66. The number of primary amides is 1. The van der Waals surface area contributed by atoms with E-state index in [2.05, 4.69) is 0 Å². The highest BCUT2D eigenvalue weighted by Crippen LogP contribution is 2.43. The number of amides is 1. The zero-order valence-electron chi connectivity index (χ0n) is 15.1. The maximum absolute atomic E-state index is 12.1. The summed E-state index contributed by atoms with van der Waals surface area (Å²) in [6.45, 7) is 1.62. The molecule has 0 saturated carbocycles. The molecule has 2 aromatic carbocycles. The van der Waals surface area contributed by atoms with Crippen LogP contribution in [0.2, 0.25) is 0 Å². The van der Waals surface area contributed by atoms with Crippen LogP contribution in [0.4, 0.5) is 0 Å². The molecule has 3 aromatic rings. The number of aryl methyl sites for hydroxylation is 1. The molecular weight excluding hydrogens is 362 g/mol. The quantitative estimate of drug-likeness (QED) is 0.424. The molecule has 0 spiro atoms. The van der Waals surface area contributed by atoms with Crippen LogP contribution in [0, 0.1) is 6.92 Å². The van der Waals surface area contributed by atoms with Crippen molar-refractivity contribution in [3.63, 3.8) is 0 Å². The monoisotopic (exact) mass is 379 g/mol. The first kappa shape index (κ1) is 17.8. The number of nitrogens with two attached hydrogens (primary N) is 1. The topological polar surface area (TPSA) is 109 Å². The molecule has 4 rings (SSSR count). The summed E-state index contributed by atoms with van der Waals surface area (Å²) in [5, 5.41) is 0.794. The minimum atomic E-state index is -0.565. The lowest BCUT2D eigenvalue weighted by Gasteiger charge is -2.25. The summed E-state index contributed by atoms with van der Waals surface area (Å²) >= 11 is 0. The fourth-order valence-corrected chi connectivity index (χ4v) is 3.47. The molecule has 142 valence electrons. The summed E-state index contributed by atoms with van der Waals surface area (Å²) < 4.78 is 16.2. The van der Waals surface area contributed by atoms with Gasteiger partial charge in [-0.25, -0.2) is 4.79 Å². The van der Waals surface area contributed by atoms with E-state index in [-0.39, 0.29) is 24.9 Å². The van der Waals surface area contributed by atoms with Crippen molar-refractivity contribution in [3.8, 4) is 11.5 Å². The first-order valence-corrected chi connectivity index (χ1v) is 8.71. The smallest absolute Gasteiger partial charge is 0.336 e. The van der Waals surface area contributed by atoms with E-state index < -0.39 is 11.5 Å². The number of hydrogen-bond acceptors (Lipinski definition) is 6. The molecule has 0 fully saturated rings. The molecule has 7 nitrogen and oxygen atoms in total. The van der Waals surface area contributed by atoms with Gasteiger partial charge in [-0.1, -0.05) is 12.1 Å². The van der Waals surface area contributed by atoms with E-state index in [1.165, 1.54) is 6.07 Å². The van der Waals surface area contributed by atoms with Crippen LogP contribution in [0.5, 0.6) is 11.5 Å². The Kier molecular flexibility index (Phi) is 4.35. The van der Waals surface area contributed by atoms with Crippen molar-refractivity contribution in [2.45, 2.75) is 19.3 Å². The molecule has 1 aromatic heterocycles. The lowest BCUT2D eigenvalue weighted by molar-refractivity contribution is -0.135. The third kappa shape index (κ3) is 3.22. The van der Waals surface area contributed by atoms with Gasteiger partial charge in [-0.05, 0) is 42.3 Å². The highest BCUT2D eigenvalue weighted by atomic mass is 16.5. The van der Waals surface area contributed by atoms with Crippen LogP contribution in [-0.4, -0.2) is 18.5 Å². The molecule has 0 aliphatic carbocycles. The summed E-state index contributed by atoms with van der Waals surface area (Å²) in [6, 6.07) is 11.9. The molecule has 1 aliphatic heterocycles. The predicted octanol–water partition coefficient (Wildman–Crippen LogP) is 2.41. The summed E-state index contributed by atoms with van der Waals surface area (Å²) in [5.41, 5.74) is 7.35. The number of carbonyl (C=O) groups excluding carboxylic acids is 2. The number of rotatable bonds is 4. The van der Waals surface area contributed by atoms with Crippen LogP contribution >= 0.6 is 0 Å². The van der Waals surface area contributed by atoms with Crippen molar-refractivity contribution < 1.29 is 23.5 Å². The average Bonchev–Trinajstić information content (AvgIpc) is 2.65. The Balaban J connectivity index is 1.81. The van der Waals surface area contributed by atoms with Crippen molar-refractivity contribution in [2.24, 2.45) is 5.73 Å². The van der Waals surface area contributed by atoms with Crippen LogP contribution in [0.3, 0.4) is 0 Å². The van der Waals surface area contributed by atoms with Gasteiger partial charge in [-0.2, -0.15) is 0 Å². The van der Waals surface area contributed by atoms with E-state index in [1.54, 1.807) is 36.4 Å². The second-order valence-electron chi connectivity index (χ2n) is 6.66. The van der Waals surface area contributed by atoms with Gasteiger partial charge >= 0.3 is 11.6 Å². The second kappa shape index (κ2) is 6.84. The van der Waals surface area contributed by atoms with Gasteiger partial charge in [-0.3, -0.25) is 9.59 Å². The van der Waals surface area contributed by atoms with Crippen LogP contribution in [0.25, 0.3) is 11.0 Å². The molecule has 1 aliphatic rings. The Morgan fingerprint density at radius 1 is 1.18 bits per heavy atom. The van der Waals surface area contributed by atoms with Gasteiger partial charge in [-0.15, -0.1) is 0 Å². The van der Waals surface area contributed by atoms with Gasteiger partial charge in [0, 0.05) is 22.9 Å². The van der Waals surface area contributed by atoms with Crippen LogP contribution in [0.15, 0.2) is 51.7 Å². The fraction of sp³-hybridized carbons (Fsp3) is 0.190. The maximum atomic E-state index is 12.1. The van der Waals surface area contributed by atoms with Crippen molar-refractivity contribution in [1.82, 2.24) is 0 Å². The molecule has 2 heterocycles. The Morgan fingerprint density at radius 3 is 2.64 bits per heavy atom. The SMILES string of the molecule is Cc1cc(=O)oc2c3c(ccc12)OC(=O)CC3c1ccc(OCC(N)=O)cc1. The minimum absolute atomic E-state index is 0.116. The lowest BCUT2D eigenvalue weighted by Crippen LogP contribution is -2.22. The Labute approximate surface area is 159 Å². The Hall–Kier alpha value is -3.61. The number of fused-ring (bicyclic) bond motifs is 3. The number of esters is 1. The molecule has 2 N–H and O–H groups in total. The van der Waals surface area contributed by atoms with E-state index >= 15 is 0 Å². The van der Waals surface area contributed by atoms with Gasteiger partial charge < -0.3 is 19.6 Å². The third-order valence-electron chi connectivity index (χ3n) is 4.72. The molecular formula is C21H17NO6. The third-order valence-corrected chi connectivity index (χ3v) is 4.72. The zero-order chi connectivity index (χ0) is 19.8. The first-order valence-electron chi connectivity index (χ1n) is 8.71. The van der Waals surface area contributed by atoms with E-state index in [0.29, 0.717) is 22.6 Å². The normalized spacial score (nSPS) is 15.8. The number of hydrogen-bond donors (Lipinski definition) is 1. The number of ether oxygens (including phenoxy) is 2. The van der Waals surface area contributed by atoms with Crippen molar-refractivity contribution in [2.75, 3.05) is 6.61 Å². The average molecular weight is 379 g/mol. The largest absolute Gasteiger partial charge is 0.484 e. The van der Waals surface area contributed by atoms with E-state index in [9.17, 15) is 14.4 Å². The van der Waals surface area contributed by atoms with Crippen molar-refractivity contribution >= 4 is 22.8 Å². The molecule has 7 heteroatoms. The van der Waals surface area contributed by atoms with Crippen LogP contribution in [-0.2, 0) is 9.59 Å². The van der Waals surface area contributed by atoms with Gasteiger partial charge in [0.25, 0.3) is 5.91 Å². The van der Waals surface area contributed by atoms with Crippen molar-refractivity contribution in [1.29, 1.82) is 0 Å². The number of carbonyl (C=O) groups is 2. The highest BCUT2D eigenvalue weighted by Gasteiger charge is 2.31. The van der Waals surface area contributed by atoms with Crippen LogP contribution in [0.1, 0.15) is 29.0 Å². The molecule has 1 unspecified atom stereocenters. The van der Waals surface area contributed by atoms with E-state index in [0.717, 1.165) is 16.5 Å². The molecule has 28 heavy (non-hydrogen) atoms. The summed E-state index contributed by atoms with van der Waals surface area (Å²) in [6.07, 6.45) is 0.116. The standard InChI is InChI=1S/C21H17NO6/c1-11-8-18(24)28-21-14(11)6-7-16-20(21)15(9-19(25)27-16)12-2-4-13(5-3-12)26-10-17(22)23/h2-8,15H,9-10H2,1H3,(H2,22,23). The van der Waals surface area contributed by atoms with Crippen molar-refractivity contribution in [3.05, 3.63) is 69.6 Å². The lowest BCUT2D eigenvalue weighted by atomic mass is 9.85. The predicted molar refractivity (Wildman–Crippen MR) is 100 cm³/mol. The Morgan fingerprint density at radius 2 is 1.93 bits per heavy atom. The molecule has 0 saturated heterocycles. The van der Waals surface area contributed by atoms with Gasteiger partial charge in [0.15, 0.2) is 6.61 Å². The van der Waals surface area contributed by atoms with Gasteiger partial charge in [0.05, 0.1) is 6.42 Å². The van der Waals surface area contributed by atoms with E-state index in [4.69, 9.17) is 19.6 Å². The van der Waals surface area contributed by atoms with Crippen LogP contribution < -0.4 is 20.8 Å². The first-order chi connectivity index (χ1) is 13.4. The zero-order valence-corrected chi connectivity index (χ0v) is 15.1. The summed E-state index contributed by atoms with van der Waals surface area (Å²) in [5.74, 6) is -0.390. The maximum Gasteiger partial charge on any atom is 0.336 e. The molecule has 1 atom stereocenters. The highest BCUT2D eigenvalue weighted by molar-refractivity contribution is 5.89. The summed E-state index contributed by atoms with van der Waals surface area (Å²) in [4.78, 5) is 34.9. The van der Waals surface area contributed by atoms with Gasteiger partial charge in [0.1, 0.15) is 17.1 Å². The summed E-state index contributed by atoms with van der Waals surface area (Å²) in [7, 11) is 0. The number of benzene rings is 2. The molecule has 0 bridgehead atoms. The Bertz CT molecular complexity index is 1150. The molecule has 1 amide bonds. The van der Waals surface area contributed by atoms with E-state index in [1.807, 2.05) is 6.92 Å². The fourth-order valence-electron chi connectivity index (χ4n) is 3.47.